The molecular formula is C29H39Cl2N3O2. The molecule has 5 nitrogen and oxygen atoms in total. The van der Waals surface area contributed by atoms with Gasteiger partial charge in [0.2, 0.25) is 5.91 Å². The lowest BCUT2D eigenvalue weighted by Crippen LogP contribution is -2.56. The summed E-state index contributed by atoms with van der Waals surface area (Å²) in [6.45, 7) is 6.47. The smallest absolute Gasteiger partial charge is 0.231 e. The largest absolute Gasteiger partial charge is 0.385 e. The highest BCUT2D eigenvalue weighted by molar-refractivity contribution is 6.37. The van der Waals surface area contributed by atoms with Crippen molar-refractivity contribution < 1.29 is 9.53 Å². The highest BCUT2D eigenvalue weighted by Gasteiger charge is 2.47. The monoisotopic (exact) mass is 531 g/mol. The van der Waals surface area contributed by atoms with Gasteiger partial charge in [-0.05, 0) is 87.5 Å². The fraction of sp³-hybridized carbons (Fsp3) is 0.621. The number of allylic oxidation sites excluding steroid dienone is 2. The van der Waals surface area contributed by atoms with Gasteiger partial charge in [-0.3, -0.25) is 4.79 Å². The lowest BCUT2D eigenvalue weighted by molar-refractivity contribution is -0.122. The molecule has 5 aliphatic rings. The second kappa shape index (κ2) is 11.0. The number of methoxy groups -OCH3 is 1. The van der Waals surface area contributed by atoms with Gasteiger partial charge in [-0.2, -0.15) is 0 Å². The number of hydrogen-bond donors (Lipinski definition) is 2. The van der Waals surface area contributed by atoms with Crippen LogP contribution in [0.25, 0.3) is 0 Å². The van der Waals surface area contributed by atoms with Crippen LogP contribution >= 0.6 is 23.2 Å². The van der Waals surface area contributed by atoms with Gasteiger partial charge in [-0.15, -0.1) is 0 Å². The minimum absolute atomic E-state index is 0.0152. The van der Waals surface area contributed by atoms with Crippen molar-refractivity contribution >= 4 is 34.8 Å². The average Bonchev–Trinajstić information content (AvgIpc) is 2.71. The van der Waals surface area contributed by atoms with E-state index in [0.717, 1.165) is 73.7 Å². The van der Waals surface area contributed by atoms with E-state index in [0.29, 0.717) is 16.1 Å². The maximum absolute atomic E-state index is 12.7. The number of nitrogens with zero attached hydrogens (tertiary/aromatic N) is 1. The van der Waals surface area contributed by atoms with Gasteiger partial charge in [0.25, 0.3) is 0 Å². The van der Waals surface area contributed by atoms with E-state index in [-0.39, 0.29) is 11.8 Å². The highest BCUT2D eigenvalue weighted by Crippen LogP contribution is 2.58. The normalized spacial score (nSPS) is 25.0. The lowest BCUT2D eigenvalue weighted by atomic mass is 9.52. The van der Waals surface area contributed by atoms with Crippen molar-refractivity contribution in [3.63, 3.8) is 0 Å². The Bertz CT molecular complexity index is 992. The van der Waals surface area contributed by atoms with Crippen LogP contribution in [0.3, 0.4) is 0 Å². The summed E-state index contributed by atoms with van der Waals surface area (Å²) in [7, 11) is 1.81. The molecule has 1 aromatic carbocycles. The average molecular weight is 533 g/mol. The van der Waals surface area contributed by atoms with Gasteiger partial charge in [0.05, 0.1) is 12.0 Å². The van der Waals surface area contributed by atoms with Gasteiger partial charge < -0.3 is 20.3 Å². The molecule has 1 spiro atoms. The van der Waals surface area contributed by atoms with E-state index in [2.05, 4.69) is 22.1 Å². The molecule has 0 bridgehead atoms. The Kier molecular flexibility index (Phi) is 7.90. The maximum atomic E-state index is 12.7. The van der Waals surface area contributed by atoms with E-state index in [1.165, 1.54) is 44.1 Å². The maximum Gasteiger partial charge on any atom is 0.231 e. The zero-order chi connectivity index (χ0) is 25.3. The molecule has 7 heteroatoms. The topological polar surface area (TPSA) is 53.6 Å². The number of halogens is 2. The first kappa shape index (κ1) is 25.9. The molecule has 1 unspecified atom stereocenters. The standard InChI is InChI=1S/C20H23Cl2N3O.C9H16O/c1-2-23-13-10-25(11-13)14-8-16(21)19(17(22)9-14)15-6-7-18(24-20(15)26)12-4-3-5-12;1-10-7-8-5-9(6-8)3-2-4-9/h2,8-9,13,15,23H,1,3-7,10-11H2,(H,24,26);8H,2-7H2,1H3. The summed E-state index contributed by atoms with van der Waals surface area (Å²) in [6.07, 6.45) is 14.3. The minimum Gasteiger partial charge on any atom is -0.385 e. The Morgan fingerprint density at radius 1 is 1.17 bits per heavy atom. The Morgan fingerprint density at radius 3 is 2.36 bits per heavy atom. The molecule has 5 fully saturated rings. The number of carbonyl (C=O) groups is 1. The Morgan fingerprint density at radius 2 is 1.86 bits per heavy atom. The number of benzene rings is 1. The SMILES string of the molecule is C=CNC1CN(c2cc(Cl)c(C3CCC(=C4CCC4)NC3=O)c(Cl)c2)C1.COCC1CC2(CCC2)C1. The van der Waals surface area contributed by atoms with Crippen LogP contribution in [0.1, 0.15) is 75.7 Å². The van der Waals surface area contributed by atoms with Crippen LogP contribution in [0.4, 0.5) is 5.69 Å². The van der Waals surface area contributed by atoms with E-state index < -0.39 is 0 Å². The highest BCUT2D eigenvalue weighted by atomic mass is 35.5. The molecule has 3 aliphatic carbocycles. The molecule has 2 aliphatic heterocycles. The Balaban J connectivity index is 0.000000222. The van der Waals surface area contributed by atoms with Crippen molar-refractivity contribution in [2.24, 2.45) is 11.3 Å². The molecule has 1 aromatic rings. The molecule has 2 saturated heterocycles. The van der Waals surface area contributed by atoms with Crippen LogP contribution in [0, 0.1) is 11.3 Å². The van der Waals surface area contributed by atoms with E-state index in [1.807, 2.05) is 19.2 Å². The van der Waals surface area contributed by atoms with Crippen molar-refractivity contribution in [1.29, 1.82) is 0 Å². The van der Waals surface area contributed by atoms with Gasteiger partial charge >= 0.3 is 0 Å². The fourth-order valence-corrected chi connectivity index (χ4v) is 7.30. The number of nitrogens with one attached hydrogen (secondary N) is 2. The van der Waals surface area contributed by atoms with Crippen LogP contribution in [0.2, 0.25) is 10.0 Å². The molecule has 36 heavy (non-hydrogen) atoms. The van der Waals surface area contributed by atoms with Crippen LogP contribution in [0.15, 0.2) is 36.2 Å². The number of ether oxygens (including phenoxy) is 1. The summed E-state index contributed by atoms with van der Waals surface area (Å²) < 4.78 is 5.11. The van der Waals surface area contributed by atoms with Crippen molar-refractivity contribution in [3.8, 4) is 0 Å². The molecule has 1 atom stereocenters. The van der Waals surface area contributed by atoms with E-state index >= 15 is 0 Å². The van der Waals surface area contributed by atoms with E-state index in [9.17, 15) is 4.79 Å². The second-order valence-corrected chi connectivity index (χ2v) is 12.2. The molecule has 0 radical (unpaired) electrons. The zero-order valence-electron chi connectivity index (χ0n) is 21.4. The van der Waals surface area contributed by atoms with Gasteiger partial charge in [0.15, 0.2) is 0 Å². The van der Waals surface area contributed by atoms with Crippen molar-refractivity contribution in [1.82, 2.24) is 10.6 Å². The van der Waals surface area contributed by atoms with Crippen LogP contribution in [0.5, 0.6) is 0 Å². The molecule has 196 valence electrons. The van der Waals surface area contributed by atoms with Crippen molar-refractivity contribution in [2.45, 2.75) is 76.2 Å². The van der Waals surface area contributed by atoms with Crippen molar-refractivity contribution in [2.75, 3.05) is 31.7 Å². The van der Waals surface area contributed by atoms with Crippen molar-refractivity contribution in [3.05, 3.63) is 51.8 Å². The third kappa shape index (κ3) is 5.30. The van der Waals surface area contributed by atoms with E-state index in [4.69, 9.17) is 27.9 Å². The first-order chi connectivity index (χ1) is 17.4. The summed E-state index contributed by atoms with van der Waals surface area (Å²) in [5.74, 6) is 0.645. The molecule has 1 amide bonds. The third-order valence-corrected chi connectivity index (χ3v) is 9.56. The number of carbonyl (C=O) groups excluding carboxylic acids is 1. The zero-order valence-corrected chi connectivity index (χ0v) is 22.9. The van der Waals surface area contributed by atoms with Gasteiger partial charge in [-0.1, -0.05) is 41.8 Å². The quantitative estimate of drug-likeness (QED) is 0.436. The van der Waals surface area contributed by atoms with Gasteiger partial charge in [-0.25, -0.2) is 0 Å². The predicted octanol–water partition coefficient (Wildman–Crippen LogP) is 6.56. The van der Waals surface area contributed by atoms with Crippen LogP contribution < -0.4 is 15.5 Å². The van der Waals surface area contributed by atoms with E-state index in [1.54, 1.807) is 6.20 Å². The molecule has 2 heterocycles. The molecule has 3 saturated carbocycles. The van der Waals surface area contributed by atoms with Gasteiger partial charge in [0, 0.05) is 53.8 Å². The number of hydrogen-bond acceptors (Lipinski definition) is 4. The summed E-state index contributed by atoms with van der Waals surface area (Å²) in [4.78, 5) is 14.9. The first-order valence-corrected chi connectivity index (χ1v) is 14.3. The Labute approximate surface area is 225 Å². The second-order valence-electron chi connectivity index (χ2n) is 11.4. The molecule has 0 aromatic heterocycles. The Hall–Kier alpha value is -1.69. The number of anilines is 1. The molecular weight excluding hydrogens is 493 g/mol. The summed E-state index contributed by atoms with van der Waals surface area (Å²) in [5.41, 5.74) is 5.13. The number of rotatable bonds is 6. The van der Waals surface area contributed by atoms with Crippen LogP contribution in [-0.2, 0) is 9.53 Å². The summed E-state index contributed by atoms with van der Waals surface area (Å²) in [5, 5.41) is 7.45. The predicted molar refractivity (Wildman–Crippen MR) is 148 cm³/mol. The summed E-state index contributed by atoms with van der Waals surface area (Å²) >= 11 is 13.1. The number of piperidine rings is 1. The van der Waals surface area contributed by atoms with Gasteiger partial charge in [0.1, 0.15) is 0 Å². The van der Waals surface area contributed by atoms with Crippen LogP contribution in [-0.4, -0.2) is 38.8 Å². The fourth-order valence-electron chi connectivity index (χ4n) is 6.57. The first-order valence-electron chi connectivity index (χ1n) is 13.5. The lowest BCUT2D eigenvalue weighted by Gasteiger charge is -2.54. The molecule has 6 rings (SSSR count). The molecule has 2 N–H and O–H groups in total. The summed E-state index contributed by atoms with van der Waals surface area (Å²) in [6, 6.07) is 4.27. The number of amides is 1. The third-order valence-electron chi connectivity index (χ3n) is 8.93. The minimum atomic E-state index is -0.278.